The van der Waals surface area contributed by atoms with Gasteiger partial charge in [0.05, 0.1) is 16.6 Å². The van der Waals surface area contributed by atoms with Crippen LogP contribution in [-0.4, -0.2) is 44.2 Å². The van der Waals surface area contributed by atoms with Gasteiger partial charge in [-0.1, -0.05) is 0 Å². The van der Waals surface area contributed by atoms with Crippen molar-refractivity contribution < 1.29 is 13.2 Å². The molecule has 1 aliphatic heterocycles. The van der Waals surface area contributed by atoms with E-state index in [9.17, 15) is 8.42 Å². The lowest BCUT2D eigenvalue weighted by Crippen LogP contribution is -2.43. The third kappa shape index (κ3) is 3.55. The van der Waals surface area contributed by atoms with Gasteiger partial charge in [0.1, 0.15) is 0 Å². The Hall–Kier alpha value is -0.130. The predicted molar refractivity (Wildman–Crippen MR) is 81.6 cm³/mol. The molecule has 1 saturated carbocycles. The van der Waals surface area contributed by atoms with Gasteiger partial charge in [-0.05, 0) is 53.4 Å². The molecule has 0 aromatic carbocycles. The summed E-state index contributed by atoms with van der Waals surface area (Å²) in [7, 11) is -3.05. The molecule has 118 valence electrons. The van der Waals surface area contributed by atoms with Crippen LogP contribution in [0.4, 0.5) is 0 Å². The molecule has 0 bridgehead atoms. The summed E-state index contributed by atoms with van der Waals surface area (Å²) in [6.45, 7) is 9.08. The van der Waals surface area contributed by atoms with Crippen LogP contribution in [0.25, 0.3) is 0 Å². The van der Waals surface area contributed by atoms with Gasteiger partial charge in [-0.25, -0.2) is 8.42 Å². The van der Waals surface area contributed by atoms with Gasteiger partial charge in [-0.15, -0.1) is 0 Å². The zero-order chi connectivity index (χ0) is 15.0. The molecule has 4 nitrogen and oxygen atoms in total. The molecule has 1 saturated heterocycles. The van der Waals surface area contributed by atoms with Crippen LogP contribution in [0.15, 0.2) is 0 Å². The van der Waals surface area contributed by atoms with Crippen molar-refractivity contribution in [2.45, 2.75) is 70.3 Å². The van der Waals surface area contributed by atoms with Crippen molar-refractivity contribution in [3.05, 3.63) is 0 Å². The predicted octanol–water partition coefficient (Wildman–Crippen LogP) is 2.14. The van der Waals surface area contributed by atoms with Gasteiger partial charge in [0.15, 0.2) is 9.84 Å². The summed E-state index contributed by atoms with van der Waals surface area (Å²) >= 11 is 0. The summed E-state index contributed by atoms with van der Waals surface area (Å²) in [4.78, 5) is 0. The van der Waals surface area contributed by atoms with Crippen molar-refractivity contribution in [1.82, 2.24) is 5.32 Å². The minimum atomic E-state index is -3.05. The molecular weight excluding hydrogens is 274 g/mol. The van der Waals surface area contributed by atoms with Gasteiger partial charge in [-0.3, -0.25) is 0 Å². The Bertz CT molecular complexity index is 437. The van der Waals surface area contributed by atoms with E-state index in [1.54, 1.807) is 20.8 Å². The lowest BCUT2D eigenvalue weighted by atomic mass is 9.79. The third-order valence-electron chi connectivity index (χ3n) is 4.95. The van der Waals surface area contributed by atoms with Crippen molar-refractivity contribution in [3.8, 4) is 0 Å². The Kier molecular flexibility index (Phi) is 4.53. The summed E-state index contributed by atoms with van der Waals surface area (Å²) in [6, 6.07) is 0.652. The van der Waals surface area contributed by atoms with E-state index in [1.165, 1.54) is 12.8 Å². The first-order valence-electron chi connectivity index (χ1n) is 7.74. The molecule has 1 heterocycles. The first kappa shape index (κ1) is 16.2. The zero-order valence-electron chi connectivity index (χ0n) is 13.2. The van der Waals surface area contributed by atoms with Gasteiger partial charge in [-0.2, -0.15) is 0 Å². The second kappa shape index (κ2) is 5.58. The molecule has 2 rings (SSSR count). The van der Waals surface area contributed by atoms with Crippen molar-refractivity contribution in [3.63, 3.8) is 0 Å². The van der Waals surface area contributed by atoms with Crippen LogP contribution < -0.4 is 5.32 Å². The van der Waals surface area contributed by atoms with E-state index in [2.05, 4.69) is 12.2 Å². The molecule has 0 radical (unpaired) electrons. The van der Waals surface area contributed by atoms with Crippen molar-refractivity contribution >= 4 is 9.84 Å². The molecule has 0 spiro atoms. The number of sulfone groups is 1. The fraction of sp³-hybridized carbons (Fsp3) is 1.00. The Morgan fingerprint density at radius 3 is 2.40 bits per heavy atom. The van der Waals surface area contributed by atoms with Crippen LogP contribution in [0, 0.1) is 5.41 Å². The lowest BCUT2D eigenvalue weighted by molar-refractivity contribution is 0.0611. The Morgan fingerprint density at radius 2 is 1.95 bits per heavy atom. The molecule has 5 heteroatoms. The topological polar surface area (TPSA) is 55.4 Å². The Morgan fingerprint density at radius 1 is 1.30 bits per heavy atom. The third-order valence-corrected chi connectivity index (χ3v) is 7.56. The molecule has 0 aromatic heterocycles. The highest BCUT2D eigenvalue weighted by atomic mass is 32.2. The molecule has 1 aliphatic carbocycles. The monoisotopic (exact) mass is 303 g/mol. The second-order valence-electron chi connectivity index (χ2n) is 7.46. The highest BCUT2D eigenvalue weighted by Gasteiger charge is 2.43. The van der Waals surface area contributed by atoms with Crippen LogP contribution in [0.1, 0.15) is 53.4 Å². The van der Waals surface area contributed by atoms with Crippen LogP contribution in [0.3, 0.4) is 0 Å². The quantitative estimate of drug-likeness (QED) is 0.817. The minimum absolute atomic E-state index is 0.0130. The number of ether oxygens (including phenoxy) is 1. The van der Waals surface area contributed by atoms with Crippen molar-refractivity contribution in [1.29, 1.82) is 0 Å². The van der Waals surface area contributed by atoms with E-state index in [-0.39, 0.29) is 17.3 Å². The highest BCUT2D eigenvalue weighted by Crippen LogP contribution is 2.39. The molecule has 2 aliphatic rings. The molecule has 2 unspecified atom stereocenters. The smallest absolute Gasteiger partial charge is 0.155 e. The SMILES string of the molecule is CC1OCCC1(CCS(=O)(=O)C(C)(C)C)CNC1CC1. The summed E-state index contributed by atoms with van der Waals surface area (Å²) in [5.74, 6) is 0.260. The fourth-order valence-electron chi connectivity index (χ4n) is 2.75. The molecule has 0 aromatic rings. The minimum Gasteiger partial charge on any atom is -0.378 e. The molecular formula is C15H29NO3S. The first-order valence-corrected chi connectivity index (χ1v) is 9.39. The number of hydrogen-bond donors (Lipinski definition) is 1. The number of hydrogen-bond acceptors (Lipinski definition) is 4. The van der Waals surface area contributed by atoms with Crippen LogP contribution in [-0.2, 0) is 14.6 Å². The average Bonchev–Trinajstić information content (AvgIpc) is 3.09. The maximum absolute atomic E-state index is 12.3. The van der Waals surface area contributed by atoms with Crippen LogP contribution in [0.5, 0.6) is 0 Å². The molecule has 0 amide bonds. The molecule has 20 heavy (non-hydrogen) atoms. The largest absolute Gasteiger partial charge is 0.378 e. The van der Waals surface area contributed by atoms with E-state index in [0.717, 1.165) is 19.6 Å². The maximum Gasteiger partial charge on any atom is 0.155 e. The van der Waals surface area contributed by atoms with Crippen LogP contribution in [0.2, 0.25) is 0 Å². The number of rotatable bonds is 6. The van der Waals surface area contributed by atoms with E-state index >= 15 is 0 Å². The van der Waals surface area contributed by atoms with E-state index in [1.807, 2.05) is 0 Å². The summed E-state index contributed by atoms with van der Waals surface area (Å²) < 4.78 is 29.8. The van der Waals surface area contributed by atoms with Gasteiger partial charge in [0.25, 0.3) is 0 Å². The van der Waals surface area contributed by atoms with E-state index in [0.29, 0.717) is 12.5 Å². The Balaban J connectivity index is 2.01. The Labute approximate surface area is 123 Å². The number of nitrogens with one attached hydrogen (secondary N) is 1. The lowest BCUT2D eigenvalue weighted by Gasteiger charge is -2.33. The summed E-state index contributed by atoms with van der Waals surface area (Å²) in [6.07, 6.45) is 4.32. The average molecular weight is 303 g/mol. The fourth-order valence-corrected chi connectivity index (χ4v) is 4.03. The van der Waals surface area contributed by atoms with Gasteiger partial charge in [0.2, 0.25) is 0 Å². The van der Waals surface area contributed by atoms with Gasteiger partial charge in [0, 0.05) is 24.6 Å². The summed E-state index contributed by atoms with van der Waals surface area (Å²) in [5, 5.41) is 3.57. The van der Waals surface area contributed by atoms with E-state index < -0.39 is 14.6 Å². The molecule has 1 N–H and O–H groups in total. The zero-order valence-corrected chi connectivity index (χ0v) is 14.1. The maximum atomic E-state index is 12.3. The standard InChI is InChI=1S/C15H29NO3S/c1-12-15(7-9-19-12,11-16-13-5-6-13)8-10-20(17,18)14(2,3)4/h12-13,16H,5-11H2,1-4H3. The first-order chi connectivity index (χ1) is 9.16. The summed E-state index contributed by atoms with van der Waals surface area (Å²) in [5.41, 5.74) is -0.0130. The van der Waals surface area contributed by atoms with Crippen molar-refractivity contribution in [2.75, 3.05) is 18.9 Å². The van der Waals surface area contributed by atoms with E-state index in [4.69, 9.17) is 4.74 Å². The van der Waals surface area contributed by atoms with Crippen molar-refractivity contribution in [2.24, 2.45) is 5.41 Å². The normalized spacial score (nSPS) is 31.7. The van der Waals surface area contributed by atoms with Crippen LogP contribution >= 0.6 is 0 Å². The second-order valence-corrected chi connectivity index (χ2v) is 10.3. The highest BCUT2D eigenvalue weighted by molar-refractivity contribution is 7.92. The van der Waals surface area contributed by atoms with Gasteiger partial charge < -0.3 is 10.1 Å². The molecule has 2 fully saturated rings. The van der Waals surface area contributed by atoms with Gasteiger partial charge >= 0.3 is 0 Å². The molecule has 2 atom stereocenters.